The van der Waals surface area contributed by atoms with E-state index in [-0.39, 0.29) is 0 Å². The molecule has 0 aliphatic carbocycles. The molecular formula is C13H16O3. The first-order valence-electron chi connectivity index (χ1n) is 5.02. The Balaban J connectivity index is 2.99. The molecule has 3 nitrogen and oxygen atoms in total. The number of rotatable bonds is 6. The minimum absolute atomic E-state index is 0.430. The fraction of sp³-hybridized carbons (Fsp3) is 0.231. The van der Waals surface area contributed by atoms with E-state index in [4.69, 9.17) is 14.2 Å². The number of para-hydroxylation sites is 1. The highest BCUT2D eigenvalue weighted by Crippen LogP contribution is 2.37. The molecule has 16 heavy (non-hydrogen) atoms. The van der Waals surface area contributed by atoms with Gasteiger partial charge in [0.2, 0.25) is 5.75 Å². The highest BCUT2D eigenvalue weighted by molar-refractivity contribution is 5.51. The maximum atomic E-state index is 5.47. The Hall–Kier alpha value is -1.90. The van der Waals surface area contributed by atoms with Gasteiger partial charge in [-0.3, -0.25) is 0 Å². The number of hydrogen-bond acceptors (Lipinski definition) is 3. The van der Waals surface area contributed by atoms with Gasteiger partial charge in [-0.05, 0) is 19.1 Å². The topological polar surface area (TPSA) is 27.7 Å². The third-order valence-corrected chi connectivity index (χ3v) is 1.84. The van der Waals surface area contributed by atoms with E-state index in [9.17, 15) is 0 Å². The first-order chi connectivity index (χ1) is 7.83. The van der Waals surface area contributed by atoms with Crippen molar-refractivity contribution in [2.45, 2.75) is 6.92 Å². The highest BCUT2D eigenvalue weighted by Gasteiger charge is 2.10. The predicted octanol–water partition coefficient (Wildman–Crippen LogP) is 3.17. The summed E-state index contributed by atoms with van der Waals surface area (Å²) >= 11 is 0. The molecule has 0 radical (unpaired) electrons. The smallest absolute Gasteiger partial charge is 0.210 e. The Morgan fingerprint density at radius 1 is 1.31 bits per heavy atom. The van der Waals surface area contributed by atoms with E-state index in [0.717, 1.165) is 0 Å². The van der Waals surface area contributed by atoms with Gasteiger partial charge in [0.25, 0.3) is 0 Å². The standard InChI is InChI=1S/C13H16O3/c1-4-9-15-12-8-6-7-11(14-3)13(12)16-10-5-2/h4-8,10H,1,9H2,2-3H3/b10-5+. The van der Waals surface area contributed by atoms with Crippen LogP contribution < -0.4 is 14.2 Å². The fourth-order valence-electron chi connectivity index (χ4n) is 1.17. The molecule has 0 unspecified atom stereocenters. The van der Waals surface area contributed by atoms with Gasteiger partial charge in [0.1, 0.15) is 6.61 Å². The maximum absolute atomic E-state index is 5.47. The normalized spacial score (nSPS) is 10.1. The van der Waals surface area contributed by atoms with Gasteiger partial charge in [0, 0.05) is 0 Å². The summed E-state index contributed by atoms with van der Waals surface area (Å²) in [4.78, 5) is 0. The quantitative estimate of drug-likeness (QED) is 0.544. The Labute approximate surface area is 95.9 Å². The van der Waals surface area contributed by atoms with Crippen molar-refractivity contribution in [3.63, 3.8) is 0 Å². The Bertz CT molecular complexity index is 369. The summed E-state index contributed by atoms with van der Waals surface area (Å²) in [7, 11) is 1.59. The molecule has 1 rings (SSSR count). The van der Waals surface area contributed by atoms with Crippen LogP contribution in [0.15, 0.2) is 43.2 Å². The number of hydrogen-bond donors (Lipinski definition) is 0. The number of methoxy groups -OCH3 is 1. The lowest BCUT2D eigenvalue weighted by Crippen LogP contribution is -1.97. The molecule has 0 aliphatic rings. The molecule has 0 aliphatic heterocycles. The fourth-order valence-corrected chi connectivity index (χ4v) is 1.17. The molecule has 0 fully saturated rings. The number of allylic oxidation sites excluding steroid dienone is 1. The molecule has 1 aromatic rings. The summed E-state index contributed by atoms with van der Waals surface area (Å²) in [6.45, 7) is 5.90. The molecule has 0 atom stereocenters. The maximum Gasteiger partial charge on any atom is 0.210 e. The SMILES string of the molecule is C=CCOc1cccc(OC)c1O/C=C/C. The lowest BCUT2D eigenvalue weighted by Gasteiger charge is -2.12. The van der Waals surface area contributed by atoms with E-state index in [1.807, 2.05) is 25.1 Å². The van der Waals surface area contributed by atoms with Crippen LogP contribution in [0.4, 0.5) is 0 Å². The van der Waals surface area contributed by atoms with Gasteiger partial charge in [-0.1, -0.05) is 24.8 Å². The molecule has 0 saturated carbocycles. The molecule has 0 spiro atoms. The second-order valence-corrected chi connectivity index (χ2v) is 2.97. The molecular weight excluding hydrogens is 204 g/mol. The van der Waals surface area contributed by atoms with Crippen molar-refractivity contribution in [2.24, 2.45) is 0 Å². The van der Waals surface area contributed by atoms with Crippen LogP contribution in [0, 0.1) is 0 Å². The van der Waals surface area contributed by atoms with Crippen molar-refractivity contribution in [3.05, 3.63) is 43.2 Å². The Morgan fingerprint density at radius 2 is 2.06 bits per heavy atom. The molecule has 0 amide bonds. The van der Waals surface area contributed by atoms with Gasteiger partial charge in [-0.25, -0.2) is 0 Å². The van der Waals surface area contributed by atoms with Gasteiger partial charge in [-0.15, -0.1) is 0 Å². The van der Waals surface area contributed by atoms with Crippen LogP contribution in [0.3, 0.4) is 0 Å². The molecule has 0 aromatic heterocycles. The van der Waals surface area contributed by atoms with Gasteiger partial charge in [0.15, 0.2) is 11.5 Å². The van der Waals surface area contributed by atoms with E-state index in [0.29, 0.717) is 23.9 Å². The average Bonchev–Trinajstić information content (AvgIpc) is 2.33. The summed E-state index contributed by atoms with van der Waals surface area (Å²) in [6, 6.07) is 5.49. The minimum atomic E-state index is 0.430. The molecule has 0 heterocycles. The van der Waals surface area contributed by atoms with Gasteiger partial charge >= 0.3 is 0 Å². The predicted molar refractivity (Wildman–Crippen MR) is 64.1 cm³/mol. The Morgan fingerprint density at radius 3 is 2.69 bits per heavy atom. The highest BCUT2D eigenvalue weighted by atomic mass is 16.5. The molecule has 0 saturated heterocycles. The first kappa shape index (κ1) is 12.2. The van der Waals surface area contributed by atoms with Crippen LogP contribution in [0.1, 0.15) is 6.92 Å². The van der Waals surface area contributed by atoms with Gasteiger partial charge in [0.05, 0.1) is 13.4 Å². The lowest BCUT2D eigenvalue weighted by atomic mass is 10.3. The largest absolute Gasteiger partial charge is 0.493 e. The second kappa shape index (κ2) is 6.56. The second-order valence-electron chi connectivity index (χ2n) is 2.97. The molecule has 0 N–H and O–H groups in total. The molecule has 3 heteroatoms. The van der Waals surface area contributed by atoms with E-state index in [1.54, 1.807) is 25.5 Å². The van der Waals surface area contributed by atoms with Crippen molar-refractivity contribution in [1.29, 1.82) is 0 Å². The van der Waals surface area contributed by atoms with Crippen LogP contribution >= 0.6 is 0 Å². The van der Waals surface area contributed by atoms with Crippen molar-refractivity contribution in [3.8, 4) is 17.2 Å². The molecule has 0 bridgehead atoms. The van der Waals surface area contributed by atoms with E-state index >= 15 is 0 Å². The third kappa shape index (κ3) is 3.05. The van der Waals surface area contributed by atoms with E-state index < -0.39 is 0 Å². The van der Waals surface area contributed by atoms with Crippen molar-refractivity contribution in [1.82, 2.24) is 0 Å². The minimum Gasteiger partial charge on any atom is -0.493 e. The number of ether oxygens (including phenoxy) is 3. The van der Waals surface area contributed by atoms with Gasteiger partial charge < -0.3 is 14.2 Å². The van der Waals surface area contributed by atoms with Crippen LogP contribution in [-0.4, -0.2) is 13.7 Å². The van der Waals surface area contributed by atoms with Crippen LogP contribution in [0.2, 0.25) is 0 Å². The van der Waals surface area contributed by atoms with Crippen molar-refractivity contribution < 1.29 is 14.2 Å². The van der Waals surface area contributed by atoms with Crippen molar-refractivity contribution in [2.75, 3.05) is 13.7 Å². The van der Waals surface area contributed by atoms with Crippen LogP contribution in [-0.2, 0) is 0 Å². The summed E-state index contributed by atoms with van der Waals surface area (Å²) < 4.78 is 16.1. The zero-order valence-corrected chi connectivity index (χ0v) is 9.60. The zero-order chi connectivity index (χ0) is 11.8. The van der Waals surface area contributed by atoms with Gasteiger partial charge in [-0.2, -0.15) is 0 Å². The zero-order valence-electron chi connectivity index (χ0n) is 9.60. The summed E-state index contributed by atoms with van der Waals surface area (Å²) in [5, 5.41) is 0. The summed E-state index contributed by atoms with van der Waals surface area (Å²) in [6.07, 6.45) is 5.06. The lowest BCUT2D eigenvalue weighted by molar-refractivity contribution is 0.323. The average molecular weight is 220 g/mol. The summed E-state index contributed by atoms with van der Waals surface area (Å²) in [5.41, 5.74) is 0. The third-order valence-electron chi connectivity index (χ3n) is 1.84. The van der Waals surface area contributed by atoms with E-state index in [2.05, 4.69) is 6.58 Å². The molecule has 1 aromatic carbocycles. The summed E-state index contributed by atoms with van der Waals surface area (Å²) in [5.74, 6) is 1.85. The number of benzene rings is 1. The Kier molecular flexibility index (Phi) is 4.99. The van der Waals surface area contributed by atoms with Crippen molar-refractivity contribution >= 4 is 0 Å². The first-order valence-corrected chi connectivity index (χ1v) is 5.02. The van der Waals surface area contributed by atoms with Crippen LogP contribution in [0.25, 0.3) is 0 Å². The van der Waals surface area contributed by atoms with Crippen LogP contribution in [0.5, 0.6) is 17.2 Å². The molecule has 86 valence electrons. The van der Waals surface area contributed by atoms with E-state index in [1.165, 1.54) is 0 Å². The monoisotopic (exact) mass is 220 g/mol.